The van der Waals surface area contributed by atoms with Crippen molar-refractivity contribution in [1.29, 1.82) is 0 Å². The summed E-state index contributed by atoms with van der Waals surface area (Å²) in [6.07, 6.45) is 2.97. The van der Waals surface area contributed by atoms with Gasteiger partial charge in [0.2, 0.25) is 5.91 Å². The van der Waals surface area contributed by atoms with Crippen molar-refractivity contribution < 1.29 is 19.1 Å². The van der Waals surface area contributed by atoms with Crippen LogP contribution in [-0.4, -0.2) is 24.7 Å². The number of nitrogens with one attached hydrogen (secondary N) is 1. The second-order valence-electron chi connectivity index (χ2n) is 5.24. The van der Waals surface area contributed by atoms with Crippen molar-refractivity contribution in [3.63, 3.8) is 0 Å². The zero-order valence-electron chi connectivity index (χ0n) is 14.0. The molecular weight excluding hydrogens is 294 g/mol. The van der Waals surface area contributed by atoms with Gasteiger partial charge in [0.1, 0.15) is 17.8 Å². The van der Waals surface area contributed by atoms with E-state index in [9.17, 15) is 9.59 Å². The molecule has 1 N–H and O–H groups in total. The normalized spacial score (nSPS) is 17.7. The average molecular weight is 319 g/mol. The van der Waals surface area contributed by atoms with Gasteiger partial charge in [-0.25, -0.2) is 0 Å². The monoisotopic (exact) mass is 319 g/mol. The van der Waals surface area contributed by atoms with Crippen LogP contribution in [0.2, 0.25) is 0 Å². The summed E-state index contributed by atoms with van der Waals surface area (Å²) in [6, 6.07) is 9.60. The van der Waals surface area contributed by atoms with Crippen LogP contribution < -0.4 is 10.1 Å². The van der Waals surface area contributed by atoms with E-state index in [1.807, 2.05) is 44.2 Å². The van der Waals surface area contributed by atoms with Crippen LogP contribution in [0.1, 0.15) is 33.6 Å². The van der Waals surface area contributed by atoms with E-state index in [1.165, 1.54) is 13.0 Å². The minimum Gasteiger partial charge on any atom is -0.470 e. The third kappa shape index (κ3) is 4.84. The van der Waals surface area contributed by atoms with Crippen molar-refractivity contribution in [1.82, 2.24) is 5.32 Å². The molecule has 0 spiro atoms. The van der Waals surface area contributed by atoms with Crippen molar-refractivity contribution >= 4 is 11.9 Å². The number of rotatable bonds is 6. The van der Waals surface area contributed by atoms with Gasteiger partial charge in [-0.1, -0.05) is 44.7 Å². The third-order valence-electron chi connectivity index (χ3n) is 3.88. The molecule has 0 bridgehead atoms. The predicted octanol–water partition coefficient (Wildman–Crippen LogP) is 3.06. The zero-order chi connectivity index (χ0) is 17.3. The predicted molar refractivity (Wildman–Crippen MR) is 88.8 cm³/mol. The van der Waals surface area contributed by atoms with Crippen molar-refractivity contribution in [3.8, 4) is 5.75 Å². The van der Waals surface area contributed by atoms with Crippen LogP contribution >= 0.6 is 0 Å². The van der Waals surface area contributed by atoms with Crippen LogP contribution in [0.5, 0.6) is 5.75 Å². The molecule has 5 nitrogen and oxygen atoms in total. The van der Waals surface area contributed by atoms with Crippen LogP contribution in [0.15, 0.2) is 43.0 Å². The number of β-lactam (4-membered cyclic amide) rings is 1. The van der Waals surface area contributed by atoms with Gasteiger partial charge in [0.15, 0.2) is 6.23 Å². The Morgan fingerprint density at radius 2 is 1.91 bits per heavy atom. The number of hydrogen-bond acceptors (Lipinski definition) is 4. The molecule has 0 radical (unpaired) electrons. The molecule has 126 valence electrons. The fourth-order valence-corrected chi connectivity index (χ4v) is 2.34. The largest absolute Gasteiger partial charge is 0.470 e. The second kappa shape index (κ2) is 8.98. The Balaban J connectivity index is 0.000000322. The SMILES string of the molecule is C=CCOC(C)=O.CCC1(CC)C(=O)NC1Oc1ccccc1. The van der Waals surface area contributed by atoms with Crippen molar-refractivity contribution in [2.75, 3.05) is 6.61 Å². The fourth-order valence-electron chi connectivity index (χ4n) is 2.34. The molecule has 1 heterocycles. The molecule has 0 saturated carbocycles. The minimum absolute atomic E-state index is 0.110. The van der Waals surface area contributed by atoms with E-state index in [0.717, 1.165) is 18.6 Å². The molecule has 5 heteroatoms. The van der Waals surface area contributed by atoms with E-state index < -0.39 is 0 Å². The lowest BCUT2D eigenvalue weighted by molar-refractivity contribution is -0.161. The average Bonchev–Trinajstić information content (AvgIpc) is 2.55. The number of esters is 1. The summed E-state index contributed by atoms with van der Waals surface area (Å²) in [6.45, 7) is 9.10. The second-order valence-corrected chi connectivity index (χ2v) is 5.24. The Kier molecular flexibility index (Phi) is 7.32. The maximum Gasteiger partial charge on any atom is 0.302 e. The molecule has 1 atom stereocenters. The van der Waals surface area contributed by atoms with Crippen molar-refractivity contribution in [2.24, 2.45) is 5.41 Å². The first-order valence-corrected chi connectivity index (χ1v) is 7.77. The Hall–Kier alpha value is -2.30. The molecule has 1 aromatic rings. The minimum atomic E-state index is -0.337. The van der Waals surface area contributed by atoms with Gasteiger partial charge in [-0.3, -0.25) is 9.59 Å². The quantitative estimate of drug-likeness (QED) is 0.497. The van der Waals surface area contributed by atoms with Gasteiger partial charge in [0, 0.05) is 6.92 Å². The molecule has 1 unspecified atom stereocenters. The number of amides is 1. The van der Waals surface area contributed by atoms with Crippen LogP contribution in [-0.2, 0) is 14.3 Å². The van der Waals surface area contributed by atoms with Crippen LogP contribution in [0.3, 0.4) is 0 Å². The topological polar surface area (TPSA) is 64.6 Å². The summed E-state index contributed by atoms with van der Waals surface area (Å²) in [5.41, 5.74) is -0.337. The number of carbonyl (C=O) groups excluding carboxylic acids is 2. The van der Waals surface area contributed by atoms with Gasteiger partial charge >= 0.3 is 5.97 Å². The summed E-state index contributed by atoms with van der Waals surface area (Å²) in [5, 5.41) is 2.82. The van der Waals surface area contributed by atoms with E-state index in [-0.39, 0.29) is 23.5 Å². The number of benzene rings is 1. The van der Waals surface area contributed by atoms with E-state index in [2.05, 4.69) is 16.6 Å². The summed E-state index contributed by atoms with van der Waals surface area (Å²) in [7, 11) is 0. The first-order valence-electron chi connectivity index (χ1n) is 7.77. The van der Waals surface area contributed by atoms with E-state index in [1.54, 1.807) is 0 Å². The smallest absolute Gasteiger partial charge is 0.302 e. The van der Waals surface area contributed by atoms with Crippen LogP contribution in [0.4, 0.5) is 0 Å². The lowest BCUT2D eigenvalue weighted by Gasteiger charge is -2.47. The standard InChI is InChI=1S/C13H17NO2.C5H8O2/c1-3-13(4-2)11(15)14-12(13)16-10-8-6-5-7-9-10;1-3-4-7-5(2)6/h5-9,12H,3-4H2,1-2H3,(H,14,15);3H,1,4H2,2H3. The van der Waals surface area contributed by atoms with Gasteiger partial charge < -0.3 is 14.8 Å². The molecular formula is C18H25NO4. The molecule has 2 rings (SSSR count). The zero-order valence-corrected chi connectivity index (χ0v) is 14.0. The highest BCUT2D eigenvalue weighted by Gasteiger charge is 2.54. The fraction of sp³-hybridized carbons (Fsp3) is 0.444. The molecule has 0 aliphatic carbocycles. The first-order chi connectivity index (χ1) is 11.0. The molecule has 1 aliphatic rings. The Bertz CT molecular complexity index is 523. The van der Waals surface area contributed by atoms with Crippen LogP contribution in [0.25, 0.3) is 0 Å². The number of hydrogen-bond donors (Lipinski definition) is 1. The van der Waals surface area contributed by atoms with Gasteiger partial charge in [-0.15, -0.1) is 0 Å². The molecule has 1 fully saturated rings. The highest BCUT2D eigenvalue weighted by Crippen LogP contribution is 2.39. The Morgan fingerprint density at radius 3 is 2.30 bits per heavy atom. The van der Waals surface area contributed by atoms with Crippen molar-refractivity contribution in [3.05, 3.63) is 43.0 Å². The summed E-state index contributed by atoms with van der Waals surface area (Å²) in [4.78, 5) is 21.6. The first kappa shape index (κ1) is 18.7. The lowest BCUT2D eigenvalue weighted by atomic mass is 9.73. The van der Waals surface area contributed by atoms with Crippen molar-refractivity contribution in [2.45, 2.75) is 39.8 Å². The van der Waals surface area contributed by atoms with E-state index in [0.29, 0.717) is 6.61 Å². The van der Waals surface area contributed by atoms with Gasteiger partial charge in [0.25, 0.3) is 0 Å². The Labute approximate surface area is 137 Å². The van der Waals surface area contributed by atoms with Gasteiger partial charge in [0.05, 0.1) is 0 Å². The van der Waals surface area contributed by atoms with E-state index >= 15 is 0 Å². The van der Waals surface area contributed by atoms with Gasteiger partial charge in [-0.2, -0.15) is 0 Å². The lowest BCUT2D eigenvalue weighted by Crippen LogP contribution is -2.69. The molecule has 23 heavy (non-hydrogen) atoms. The highest BCUT2D eigenvalue weighted by molar-refractivity contribution is 5.89. The molecule has 0 aromatic heterocycles. The molecule has 1 saturated heterocycles. The highest BCUT2D eigenvalue weighted by atomic mass is 16.5. The third-order valence-corrected chi connectivity index (χ3v) is 3.88. The molecule has 1 amide bonds. The summed E-state index contributed by atoms with van der Waals surface area (Å²) in [5.74, 6) is 0.650. The number of para-hydroxylation sites is 1. The number of ether oxygens (including phenoxy) is 2. The molecule has 1 aromatic carbocycles. The molecule has 1 aliphatic heterocycles. The Morgan fingerprint density at radius 1 is 1.30 bits per heavy atom. The maximum absolute atomic E-state index is 11.6. The van der Waals surface area contributed by atoms with Gasteiger partial charge in [-0.05, 0) is 25.0 Å². The van der Waals surface area contributed by atoms with E-state index in [4.69, 9.17) is 4.74 Å². The summed E-state index contributed by atoms with van der Waals surface area (Å²) >= 11 is 0. The van der Waals surface area contributed by atoms with Crippen LogP contribution in [0, 0.1) is 5.41 Å². The maximum atomic E-state index is 11.6. The summed E-state index contributed by atoms with van der Waals surface area (Å²) < 4.78 is 10.2. The number of carbonyl (C=O) groups is 2.